The topological polar surface area (TPSA) is 69.0 Å². The number of ether oxygens (including phenoxy) is 1. The van der Waals surface area contributed by atoms with Crippen molar-refractivity contribution in [3.05, 3.63) is 138 Å². The van der Waals surface area contributed by atoms with Crippen LogP contribution in [0.25, 0.3) is 11.1 Å². The zero-order chi connectivity index (χ0) is 24.6. The third-order valence-electron chi connectivity index (χ3n) is 5.87. The Bertz CT molecular complexity index is 1420. The molecule has 0 aliphatic rings. The highest BCUT2D eigenvalue weighted by Crippen LogP contribution is 2.24. The molecule has 5 rings (SSSR count). The summed E-state index contributed by atoms with van der Waals surface area (Å²) in [5.74, 6) is 0.495. The van der Waals surface area contributed by atoms with Gasteiger partial charge in [0.1, 0.15) is 12.4 Å². The number of hydrogen-bond acceptors (Lipinski definition) is 4. The van der Waals surface area contributed by atoms with E-state index < -0.39 is 0 Å². The number of nitrogens with zero attached hydrogens (tertiary/aromatic N) is 3. The van der Waals surface area contributed by atoms with Crippen LogP contribution in [0.2, 0.25) is 0 Å². The lowest BCUT2D eigenvalue weighted by molar-refractivity contribution is 0.0950. The van der Waals surface area contributed by atoms with Crippen LogP contribution in [0.15, 0.2) is 116 Å². The number of benzene rings is 3. The van der Waals surface area contributed by atoms with Crippen LogP contribution in [-0.4, -0.2) is 20.4 Å². The fraction of sp³-hybridized carbons (Fsp3) is 0.100. The second-order valence-corrected chi connectivity index (χ2v) is 8.45. The van der Waals surface area contributed by atoms with Crippen LogP contribution in [-0.2, 0) is 19.7 Å². The Morgan fingerprint density at radius 1 is 0.861 bits per heavy atom. The summed E-state index contributed by atoms with van der Waals surface area (Å²) in [4.78, 5) is 21.1. The second kappa shape index (κ2) is 11.1. The van der Waals surface area contributed by atoms with Crippen LogP contribution in [0.5, 0.6) is 5.75 Å². The van der Waals surface area contributed by atoms with Crippen LogP contribution in [0.3, 0.4) is 0 Å². The van der Waals surface area contributed by atoms with Crippen LogP contribution >= 0.6 is 0 Å². The minimum atomic E-state index is -0.146. The van der Waals surface area contributed by atoms with E-state index in [1.165, 1.54) is 5.56 Å². The molecular formula is C30H26N4O2. The van der Waals surface area contributed by atoms with Crippen LogP contribution in [0.1, 0.15) is 27.0 Å². The van der Waals surface area contributed by atoms with Gasteiger partial charge in [-0.3, -0.25) is 9.78 Å². The predicted molar refractivity (Wildman–Crippen MR) is 139 cm³/mol. The first-order valence-corrected chi connectivity index (χ1v) is 11.8. The van der Waals surface area contributed by atoms with Gasteiger partial charge in [0.2, 0.25) is 0 Å². The Balaban J connectivity index is 1.23. The number of aromatic nitrogens is 3. The molecule has 0 bridgehead atoms. The number of pyridine rings is 1. The molecule has 6 nitrogen and oxygen atoms in total. The van der Waals surface area contributed by atoms with Crippen molar-refractivity contribution in [1.29, 1.82) is 0 Å². The molecule has 0 aliphatic carbocycles. The first-order chi connectivity index (χ1) is 17.7. The fourth-order valence-electron chi connectivity index (χ4n) is 3.99. The Morgan fingerprint density at radius 3 is 2.56 bits per heavy atom. The molecule has 5 aromatic rings. The maximum Gasteiger partial charge on any atom is 0.251 e. The largest absolute Gasteiger partial charge is 0.489 e. The summed E-state index contributed by atoms with van der Waals surface area (Å²) in [7, 11) is 0. The number of amides is 1. The molecule has 6 heteroatoms. The molecule has 1 amide bonds. The molecule has 178 valence electrons. The van der Waals surface area contributed by atoms with E-state index in [-0.39, 0.29) is 5.91 Å². The first-order valence-electron chi connectivity index (χ1n) is 11.8. The molecule has 36 heavy (non-hydrogen) atoms. The molecule has 3 aromatic carbocycles. The van der Waals surface area contributed by atoms with Gasteiger partial charge in [0, 0.05) is 49.0 Å². The summed E-state index contributed by atoms with van der Waals surface area (Å²) >= 11 is 0. The maximum absolute atomic E-state index is 12.9. The quantitative estimate of drug-likeness (QED) is 0.306. The molecule has 2 heterocycles. The first kappa shape index (κ1) is 23.1. The maximum atomic E-state index is 12.9. The third kappa shape index (κ3) is 5.85. The second-order valence-electron chi connectivity index (χ2n) is 8.45. The van der Waals surface area contributed by atoms with E-state index in [0.29, 0.717) is 24.5 Å². The van der Waals surface area contributed by atoms with Crippen molar-refractivity contribution in [2.45, 2.75) is 19.7 Å². The van der Waals surface area contributed by atoms with Gasteiger partial charge in [0.25, 0.3) is 5.91 Å². The molecule has 1 N–H and O–H groups in total. The standard InChI is InChI=1S/C30H26N4O2/c35-30(26-7-3-8-28(17-26)36-21-24-5-4-14-31-18-24)33-19-27-6-1-2-9-29(27)25-12-10-23(11-13-25)20-34-16-15-32-22-34/h1-18,22H,19-21H2,(H,33,35). The van der Waals surface area contributed by atoms with E-state index in [1.807, 2.05) is 59.6 Å². The molecule has 0 radical (unpaired) electrons. The van der Waals surface area contributed by atoms with Crippen molar-refractivity contribution in [3.8, 4) is 16.9 Å². The molecule has 0 atom stereocenters. The number of carbonyl (C=O) groups excluding carboxylic acids is 1. The zero-order valence-corrected chi connectivity index (χ0v) is 19.7. The molecule has 0 unspecified atom stereocenters. The van der Waals surface area contributed by atoms with E-state index in [4.69, 9.17) is 4.74 Å². The SMILES string of the molecule is O=C(NCc1ccccc1-c1ccc(Cn2ccnc2)cc1)c1cccc(OCc2cccnc2)c1. The molecule has 0 aliphatic heterocycles. The van der Waals surface area contributed by atoms with Gasteiger partial charge in [-0.1, -0.05) is 60.7 Å². The average molecular weight is 475 g/mol. The van der Waals surface area contributed by atoms with E-state index in [9.17, 15) is 4.79 Å². The van der Waals surface area contributed by atoms with Gasteiger partial charge in [-0.25, -0.2) is 4.98 Å². The van der Waals surface area contributed by atoms with Gasteiger partial charge in [-0.15, -0.1) is 0 Å². The Labute approximate surface area is 210 Å². The Kier molecular flexibility index (Phi) is 7.14. The van der Waals surface area contributed by atoms with Crippen LogP contribution in [0, 0.1) is 0 Å². The number of carbonyl (C=O) groups is 1. The monoisotopic (exact) mass is 474 g/mol. The summed E-state index contributed by atoms with van der Waals surface area (Å²) < 4.78 is 7.88. The van der Waals surface area contributed by atoms with Gasteiger partial charge >= 0.3 is 0 Å². The molecule has 0 saturated carbocycles. The number of rotatable bonds is 9. The normalized spacial score (nSPS) is 10.7. The van der Waals surface area contributed by atoms with E-state index >= 15 is 0 Å². The molecule has 0 fully saturated rings. The predicted octanol–water partition coefficient (Wildman–Crippen LogP) is 5.50. The third-order valence-corrected chi connectivity index (χ3v) is 5.87. The average Bonchev–Trinajstić information content (AvgIpc) is 3.45. The van der Waals surface area contributed by atoms with Crippen molar-refractivity contribution in [1.82, 2.24) is 19.9 Å². The van der Waals surface area contributed by atoms with Gasteiger partial charge in [0.05, 0.1) is 6.33 Å². The summed E-state index contributed by atoms with van der Waals surface area (Å²) in [6.45, 7) is 1.60. The minimum absolute atomic E-state index is 0.146. The summed E-state index contributed by atoms with van der Waals surface area (Å²) in [5.41, 5.74) is 5.99. The zero-order valence-electron chi connectivity index (χ0n) is 19.7. The molecule has 2 aromatic heterocycles. The van der Waals surface area contributed by atoms with E-state index in [0.717, 1.165) is 28.8 Å². The molecule has 0 saturated heterocycles. The minimum Gasteiger partial charge on any atom is -0.489 e. The van der Waals surface area contributed by atoms with Gasteiger partial charge in [-0.05, 0) is 46.5 Å². The lowest BCUT2D eigenvalue weighted by atomic mass is 9.98. The van der Waals surface area contributed by atoms with Crippen molar-refractivity contribution in [2.75, 3.05) is 0 Å². The highest BCUT2D eigenvalue weighted by atomic mass is 16.5. The smallest absolute Gasteiger partial charge is 0.251 e. The van der Waals surface area contributed by atoms with E-state index in [1.54, 1.807) is 30.7 Å². The van der Waals surface area contributed by atoms with Crippen molar-refractivity contribution in [3.63, 3.8) is 0 Å². The number of hydrogen-bond donors (Lipinski definition) is 1. The summed E-state index contributed by atoms with van der Waals surface area (Å²) in [5, 5.41) is 3.05. The lowest BCUT2D eigenvalue weighted by Gasteiger charge is -2.12. The van der Waals surface area contributed by atoms with Gasteiger partial charge < -0.3 is 14.6 Å². The fourth-order valence-corrected chi connectivity index (χ4v) is 3.99. The van der Waals surface area contributed by atoms with Crippen LogP contribution < -0.4 is 10.1 Å². The Morgan fingerprint density at radius 2 is 1.75 bits per heavy atom. The summed E-state index contributed by atoms with van der Waals surface area (Å²) in [6, 6.07) is 27.7. The number of nitrogens with one attached hydrogen (secondary N) is 1. The lowest BCUT2D eigenvalue weighted by Crippen LogP contribution is -2.23. The van der Waals surface area contributed by atoms with Crippen molar-refractivity contribution >= 4 is 5.91 Å². The highest BCUT2D eigenvalue weighted by Gasteiger charge is 2.10. The molecule has 0 spiro atoms. The van der Waals surface area contributed by atoms with Crippen LogP contribution in [0.4, 0.5) is 0 Å². The number of imidazole rings is 1. The Hall–Kier alpha value is -4.71. The van der Waals surface area contributed by atoms with Crippen molar-refractivity contribution in [2.24, 2.45) is 0 Å². The summed E-state index contributed by atoms with van der Waals surface area (Å²) in [6.07, 6.45) is 9.04. The molecular weight excluding hydrogens is 448 g/mol. The van der Waals surface area contributed by atoms with E-state index in [2.05, 4.69) is 45.6 Å². The van der Waals surface area contributed by atoms with Crippen molar-refractivity contribution < 1.29 is 9.53 Å². The highest BCUT2D eigenvalue weighted by molar-refractivity contribution is 5.94. The van der Waals surface area contributed by atoms with Gasteiger partial charge in [-0.2, -0.15) is 0 Å². The van der Waals surface area contributed by atoms with Gasteiger partial charge in [0.15, 0.2) is 0 Å².